The van der Waals surface area contributed by atoms with Crippen molar-refractivity contribution in [1.29, 1.82) is 0 Å². The van der Waals surface area contributed by atoms with Crippen LogP contribution in [0.5, 0.6) is 0 Å². The second-order valence-corrected chi connectivity index (χ2v) is 11.6. The number of alkyl halides is 6. The molecule has 8 nitrogen and oxygen atoms in total. The number of hydrogen-bond acceptors (Lipinski definition) is 5. The van der Waals surface area contributed by atoms with E-state index in [1.165, 1.54) is 0 Å². The normalized spacial score (nSPS) is 14.9. The van der Waals surface area contributed by atoms with Crippen molar-refractivity contribution in [2.24, 2.45) is 0 Å². The van der Waals surface area contributed by atoms with Crippen LogP contribution in [-0.4, -0.2) is 71.3 Å². The van der Waals surface area contributed by atoms with Gasteiger partial charge in [0, 0.05) is 62.3 Å². The number of amides is 3. The van der Waals surface area contributed by atoms with E-state index in [-0.39, 0.29) is 19.0 Å². The number of halogens is 6. The number of anilines is 1. The molecule has 0 spiro atoms. The molecule has 1 unspecified atom stereocenters. The van der Waals surface area contributed by atoms with Gasteiger partial charge in [-0.2, -0.15) is 26.3 Å². The zero-order valence-electron chi connectivity index (χ0n) is 25.9. The van der Waals surface area contributed by atoms with Gasteiger partial charge in [-0.25, -0.2) is 0 Å². The minimum atomic E-state index is -5.11. The number of nitrogens with zero attached hydrogens (tertiary/aromatic N) is 3. The topological polar surface area (TPSA) is 88.8 Å². The number of carbonyl (C=O) groups is 3. The summed E-state index contributed by atoms with van der Waals surface area (Å²) < 4.78 is 81.2. The first-order valence-electron chi connectivity index (χ1n) is 15.2. The summed E-state index contributed by atoms with van der Waals surface area (Å²) in [5, 5.41) is 3.43. The third-order valence-corrected chi connectivity index (χ3v) is 8.23. The molecule has 2 N–H and O–H groups in total. The Morgan fingerprint density at radius 2 is 1.46 bits per heavy atom. The zero-order chi connectivity index (χ0) is 34.6. The standard InChI is InChI=1S/C34H33F6N5O3/c1-22(46)45(20-23-15-25(33(35,36)37)18-26(16-23)34(38,39)40)32(48)30(17-24-19-41-29-10-6-5-9-28(24)29)42-31(47)21-43-11-13-44(14-12-43)27-7-3-2-4-8-27/h2-10,15-16,18-19,30,41H,11-14,17,20-21H2,1H3,(H,42,47). The molecule has 48 heavy (non-hydrogen) atoms. The molecule has 1 saturated heterocycles. The number of nitrogens with one attached hydrogen (secondary N) is 2. The number of carbonyl (C=O) groups excluding carboxylic acids is 3. The van der Waals surface area contributed by atoms with E-state index in [4.69, 9.17) is 0 Å². The van der Waals surface area contributed by atoms with Crippen LogP contribution in [0.3, 0.4) is 0 Å². The van der Waals surface area contributed by atoms with E-state index >= 15 is 0 Å². The van der Waals surface area contributed by atoms with Gasteiger partial charge in [0.2, 0.25) is 11.8 Å². The average Bonchev–Trinajstić information content (AvgIpc) is 3.45. The quantitative estimate of drug-likeness (QED) is 0.225. The summed E-state index contributed by atoms with van der Waals surface area (Å²) in [6.07, 6.45) is -8.68. The van der Waals surface area contributed by atoms with E-state index < -0.39 is 59.4 Å². The number of aromatic amines is 1. The number of imide groups is 1. The maximum atomic E-state index is 14.0. The Hall–Kier alpha value is -4.85. The highest BCUT2D eigenvalue weighted by atomic mass is 19.4. The number of rotatable bonds is 9. The van der Waals surface area contributed by atoms with Gasteiger partial charge in [-0.15, -0.1) is 0 Å². The number of piperazine rings is 1. The van der Waals surface area contributed by atoms with E-state index in [0.717, 1.165) is 23.5 Å². The Bertz CT molecular complexity index is 1730. The Kier molecular flexibility index (Phi) is 10.1. The summed E-state index contributed by atoms with van der Waals surface area (Å²) in [6.45, 7) is 2.47. The zero-order valence-corrected chi connectivity index (χ0v) is 25.9. The number of fused-ring (bicyclic) bond motifs is 1. The number of aromatic nitrogens is 1. The van der Waals surface area contributed by atoms with Crippen molar-refractivity contribution >= 4 is 34.3 Å². The van der Waals surface area contributed by atoms with Crippen LogP contribution in [0.25, 0.3) is 10.9 Å². The summed E-state index contributed by atoms with van der Waals surface area (Å²) in [4.78, 5) is 47.8. The van der Waals surface area contributed by atoms with E-state index in [1.54, 1.807) is 30.5 Å². The van der Waals surface area contributed by atoms with Gasteiger partial charge in [-0.1, -0.05) is 36.4 Å². The molecule has 254 valence electrons. The molecular formula is C34H33F6N5O3. The lowest BCUT2D eigenvalue weighted by molar-refractivity contribution is -0.147. The second kappa shape index (κ2) is 14.1. The van der Waals surface area contributed by atoms with Crippen molar-refractivity contribution in [2.75, 3.05) is 37.6 Å². The molecular weight excluding hydrogens is 640 g/mol. The third kappa shape index (κ3) is 8.35. The minimum Gasteiger partial charge on any atom is -0.369 e. The van der Waals surface area contributed by atoms with Crippen LogP contribution in [0.2, 0.25) is 0 Å². The smallest absolute Gasteiger partial charge is 0.369 e. The second-order valence-electron chi connectivity index (χ2n) is 11.6. The van der Waals surface area contributed by atoms with Gasteiger partial charge < -0.3 is 15.2 Å². The van der Waals surface area contributed by atoms with Gasteiger partial charge in [-0.3, -0.25) is 24.2 Å². The third-order valence-electron chi connectivity index (χ3n) is 8.23. The van der Waals surface area contributed by atoms with E-state index in [9.17, 15) is 40.7 Å². The van der Waals surface area contributed by atoms with Gasteiger partial charge >= 0.3 is 12.4 Å². The number of H-pyrrole nitrogens is 1. The summed E-state index contributed by atoms with van der Waals surface area (Å²) in [6, 6.07) is 16.5. The Morgan fingerprint density at radius 1 is 0.854 bits per heavy atom. The van der Waals surface area contributed by atoms with Crippen LogP contribution in [0.4, 0.5) is 32.0 Å². The molecule has 0 radical (unpaired) electrons. The fraction of sp³-hybridized carbons (Fsp3) is 0.324. The predicted octanol–water partition coefficient (Wildman–Crippen LogP) is 5.63. The molecule has 1 aromatic heterocycles. The number of hydrogen-bond donors (Lipinski definition) is 2. The summed E-state index contributed by atoms with van der Waals surface area (Å²) in [5.41, 5.74) is -1.28. The lowest BCUT2D eigenvalue weighted by atomic mass is 10.0. The summed E-state index contributed by atoms with van der Waals surface area (Å²) in [7, 11) is 0. The molecule has 5 rings (SSSR count). The molecule has 0 bridgehead atoms. The van der Waals surface area contributed by atoms with Crippen LogP contribution >= 0.6 is 0 Å². The van der Waals surface area contributed by atoms with Crippen LogP contribution in [-0.2, 0) is 39.7 Å². The first-order chi connectivity index (χ1) is 22.7. The molecule has 3 aromatic carbocycles. The predicted molar refractivity (Wildman–Crippen MR) is 167 cm³/mol. The molecule has 0 saturated carbocycles. The van der Waals surface area contributed by atoms with Gasteiger partial charge in [0.1, 0.15) is 6.04 Å². The van der Waals surface area contributed by atoms with Crippen LogP contribution in [0.1, 0.15) is 29.2 Å². The Labute approximate surface area is 272 Å². The van der Waals surface area contributed by atoms with E-state index in [2.05, 4.69) is 15.2 Å². The van der Waals surface area contributed by atoms with Crippen molar-refractivity contribution in [3.05, 3.63) is 101 Å². The molecule has 1 aliphatic rings. The molecule has 1 fully saturated rings. The number of benzene rings is 3. The van der Waals surface area contributed by atoms with E-state index in [1.807, 2.05) is 35.2 Å². The summed E-state index contributed by atoms with van der Waals surface area (Å²) in [5.74, 6) is -2.41. The van der Waals surface area contributed by atoms with E-state index in [0.29, 0.717) is 48.8 Å². The fourth-order valence-corrected chi connectivity index (χ4v) is 5.79. The highest BCUT2D eigenvalue weighted by Crippen LogP contribution is 2.36. The molecule has 14 heteroatoms. The van der Waals surface area contributed by atoms with Crippen LogP contribution < -0.4 is 10.2 Å². The first kappa shape index (κ1) is 34.5. The SMILES string of the molecule is CC(=O)N(Cc1cc(C(F)(F)F)cc(C(F)(F)F)c1)C(=O)C(Cc1c[nH]c2ccccc12)NC(=O)CN1CCN(c2ccccc2)CC1. The molecule has 1 atom stereocenters. The van der Waals surface area contributed by atoms with Crippen molar-refractivity contribution in [3.63, 3.8) is 0 Å². The fourth-order valence-electron chi connectivity index (χ4n) is 5.79. The molecule has 4 aromatic rings. The maximum Gasteiger partial charge on any atom is 0.416 e. The monoisotopic (exact) mass is 673 g/mol. The first-order valence-corrected chi connectivity index (χ1v) is 15.2. The number of para-hydroxylation sites is 2. The minimum absolute atomic E-state index is 0.0247. The molecule has 1 aliphatic heterocycles. The van der Waals surface area contributed by atoms with Gasteiger partial charge in [0.15, 0.2) is 0 Å². The lowest BCUT2D eigenvalue weighted by Crippen LogP contribution is -2.54. The van der Waals surface area contributed by atoms with Crippen molar-refractivity contribution in [3.8, 4) is 0 Å². The molecule has 2 heterocycles. The van der Waals surface area contributed by atoms with Gasteiger partial charge in [0.25, 0.3) is 5.91 Å². The molecule has 3 amide bonds. The highest BCUT2D eigenvalue weighted by Gasteiger charge is 2.38. The van der Waals surface area contributed by atoms with Crippen LogP contribution in [0.15, 0.2) is 79.0 Å². The Balaban J connectivity index is 1.37. The van der Waals surface area contributed by atoms with Crippen molar-refractivity contribution in [2.45, 2.75) is 38.3 Å². The van der Waals surface area contributed by atoms with Crippen molar-refractivity contribution < 1.29 is 40.7 Å². The van der Waals surface area contributed by atoms with Gasteiger partial charge in [-0.05, 0) is 47.5 Å². The largest absolute Gasteiger partial charge is 0.416 e. The highest BCUT2D eigenvalue weighted by molar-refractivity contribution is 5.99. The summed E-state index contributed by atoms with van der Waals surface area (Å²) >= 11 is 0. The maximum absolute atomic E-state index is 14.0. The average molecular weight is 674 g/mol. The Morgan fingerprint density at radius 3 is 2.06 bits per heavy atom. The molecule has 0 aliphatic carbocycles. The van der Waals surface area contributed by atoms with Gasteiger partial charge in [0.05, 0.1) is 24.2 Å². The lowest BCUT2D eigenvalue weighted by Gasteiger charge is -2.36. The van der Waals surface area contributed by atoms with Crippen LogP contribution in [0, 0.1) is 0 Å². The van der Waals surface area contributed by atoms with Crippen molar-refractivity contribution in [1.82, 2.24) is 20.1 Å².